The average Bonchev–Trinajstić information content (AvgIpc) is 2.95. The van der Waals surface area contributed by atoms with E-state index >= 15 is 0 Å². The van der Waals surface area contributed by atoms with Crippen molar-refractivity contribution in [2.24, 2.45) is 5.92 Å². The van der Waals surface area contributed by atoms with Crippen molar-refractivity contribution < 1.29 is 4.79 Å². The Labute approximate surface area is 129 Å². The Balaban J connectivity index is 2.05. The summed E-state index contributed by atoms with van der Waals surface area (Å²) in [4.78, 5) is 18.6. The molecule has 112 valence electrons. The summed E-state index contributed by atoms with van der Waals surface area (Å²) in [5.41, 5.74) is 2.55. The lowest BCUT2D eigenvalue weighted by atomic mass is 10.1. The molecule has 0 aliphatic heterocycles. The van der Waals surface area contributed by atoms with Gasteiger partial charge in [0, 0.05) is 23.7 Å². The van der Waals surface area contributed by atoms with E-state index in [9.17, 15) is 4.79 Å². The lowest BCUT2D eigenvalue weighted by Gasteiger charge is -2.23. The summed E-state index contributed by atoms with van der Waals surface area (Å²) in [5.74, 6) is 0.357. The number of nitrogens with zero attached hydrogens (tertiary/aromatic N) is 3. The zero-order chi connectivity index (χ0) is 15.5. The number of hydrogen-bond acceptors (Lipinski definition) is 3. The van der Waals surface area contributed by atoms with Crippen molar-refractivity contribution in [1.82, 2.24) is 15.2 Å². The van der Waals surface area contributed by atoms with E-state index in [1.807, 2.05) is 44.2 Å². The number of amides is 1. The number of aromatic nitrogens is 3. The normalized spacial score (nSPS) is 11.0. The van der Waals surface area contributed by atoms with Gasteiger partial charge in [-0.1, -0.05) is 13.8 Å². The number of carbonyl (C=O) groups excluding carboxylic acids is 1. The molecule has 2 aromatic heterocycles. The molecule has 0 radical (unpaired) electrons. The van der Waals surface area contributed by atoms with E-state index in [0.29, 0.717) is 12.3 Å². The lowest BCUT2D eigenvalue weighted by molar-refractivity contribution is -0.118. The maximum Gasteiger partial charge on any atom is 0.231 e. The molecule has 1 N–H and O–H groups in total. The van der Waals surface area contributed by atoms with Gasteiger partial charge < -0.3 is 0 Å². The first-order valence-corrected chi connectivity index (χ1v) is 7.31. The van der Waals surface area contributed by atoms with E-state index in [-0.39, 0.29) is 5.91 Å². The molecular formula is C17H18N4O. The Hall–Kier alpha value is -2.69. The summed E-state index contributed by atoms with van der Waals surface area (Å²) in [6.07, 6.45) is 5.65. The predicted molar refractivity (Wildman–Crippen MR) is 86.9 cm³/mol. The van der Waals surface area contributed by atoms with E-state index < -0.39 is 0 Å². The first-order valence-electron chi connectivity index (χ1n) is 7.31. The Kier molecular flexibility index (Phi) is 3.87. The number of hydrogen-bond donors (Lipinski definition) is 1. The minimum atomic E-state index is 0.0610. The molecule has 0 aliphatic rings. The molecule has 0 bridgehead atoms. The highest BCUT2D eigenvalue weighted by molar-refractivity contribution is 6.02. The van der Waals surface area contributed by atoms with Crippen LogP contribution in [0, 0.1) is 5.92 Å². The van der Waals surface area contributed by atoms with Crippen LogP contribution in [0.4, 0.5) is 11.4 Å². The summed E-state index contributed by atoms with van der Waals surface area (Å²) in [6.45, 7) is 4.08. The van der Waals surface area contributed by atoms with Crippen LogP contribution in [0.25, 0.3) is 10.9 Å². The maximum atomic E-state index is 12.7. The quantitative estimate of drug-likeness (QED) is 0.798. The van der Waals surface area contributed by atoms with E-state index in [1.165, 1.54) is 0 Å². The van der Waals surface area contributed by atoms with Gasteiger partial charge in [-0.3, -0.25) is 19.8 Å². The van der Waals surface area contributed by atoms with E-state index in [1.54, 1.807) is 23.5 Å². The number of H-pyrrole nitrogens is 1. The van der Waals surface area contributed by atoms with Gasteiger partial charge in [-0.15, -0.1) is 0 Å². The highest BCUT2D eigenvalue weighted by Gasteiger charge is 2.19. The van der Waals surface area contributed by atoms with Crippen molar-refractivity contribution in [1.29, 1.82) is 0 Å². The van der Waals surface area contributed by atoms with Crippen LogP contribution in [0.2, 0.25) is 0 Å². The number of pyridine rings is 1. The molecule has 0 atom stereocenters. The van der Waals surface area contributed by atoms with Crippen molar-refractivity contribution in [3.05, 3.63) is 48.9 Å². The number of aromatic amines is 1. The first kappa shape index (κ1) is 14.3. The van der Waals surface area contributed by atoms with E-state index in [2.05, 4.69) is 15.2 Å². The van der Waals surface area contributed by atoms with E-state index in [0.717, 1.165) is 22.3 Å². The topological polar surface area (TPSA) is 61.9 Å². The number of rotatable bonds is 4. The summed E-state index contributed by atoms with van der Waals surface area (Å²) in [5, 5.41) is 7.92. The van der Waals surface area contributed by atoms with Crippen LogP contribution in [-0.4, -0.2) is 21.1 Å². The fraction of sp³-hybridized carbons (Fsp3) is 0.235. The van der Waals surface area contributed by atoms with Gasteiger partial charge in [-0.25, -0.2) is 0 Å². The molecule has 0 spiro atoms. The number of carbonyl (C=O) groups is 1. The molecule has 5 heteroatoms. The minimum absolute atomic E-state index is 0.0610. The third kappa shape index (κ3) is 2.83. The van der Waals surface area contributed by atoms with Crippen molar-refractivity contribution in [3.8, 4) is 0 Å². The van der Waals surface area contributed by atoms with Crippen LogP contribution < -0.4 is 4.90 Å². The Morgan fingerprint density at radius 2 is 2.09 bits per heavy atom. The number of anilines is 2. The molecule has 0 saturated heterocycles. The molecule has 5 nitrogen and oxygen atoms in total. The molecule has 0 aliphatic carbocycles. The summed E-state index contributed by atoms with van der Waals surface area (Å²) in [6, 6.07) is 9.55. The second-order valence-corrected chi connectivity index (χ2v) is 5.68. The summed E-state index contributed by atoms with van der Waals surface area (Å²) >= 11 is 0. The van der Waals surface area contributed by atoms with Crippen LogP contribution in [0.5, 0.6) is 0 Å². The number of benzene rings is 1. The highest BCUT2D eigenvalue weighted by Crippen LogP contribution is 2.28. The van der Waals surface area contributed by atoms with Crippen LogP contribution in [0.3, 0.4) is 0 Å². The molecule has 0 unspecified atom stereocenters. The third-order valence-electron chi connectivity index (χ3n) is 3.42. The number of nitrogens with one attached hydrogen (secondary N) is 1. The zero-order valence-electron chi connectivity index (χ0n) is 12.7. The second-order valence-electron chi connectivity index (χ2n) is 5.68. The molecule has 0 saturated carbocycles. The van der Waals surface area contributed by atoms with Gasteiger partial charge in [-0.2, -0.15) is 5.10 Å². The van der Waals surface area contributed by atoms with Gasteiger partial charge in [0.1, 0.15) is 0 Å². The van der Waals surface area contributed by atoms with Crippen LogP contribution in [-0.2, 0) is 4.79 Å². The van der Waals surface area contributed by atoms with Crippen molar-refractivity contribution in [3.63, 3.8) is 0 Å². The van der Waals surface area contributed by atoms with Gasteiger partial charge in [0.05, 0.1) is 23.6 Å². The van der Waals surface area contributed by atoms with Crippen molar-refractivity contribution >= 4 is 28.2 Å². The molecular weight excluding hydrogens is 276 g/mol. The minimum Gasteiger partial charge on any atom is -0.279 e. The molecule has 0 fully saturated rings. The SMILES string of the molecule is CC(C)CC(=O)N(c1cccnc1)c1ccc2[nH]ncc2c1. The Morgan fingerprint density at radius 3 is 2.82 bits per heavy atom. The first-order chi connectivity index (χ1) is 10.6. The predicted octanol–water partition coefficient (Wildman–Crippen LogP) is 3.67. The monoisotopic (exact) mass is 294 g/mol. The highest BCUT2D eigenvalue weighted by atomic mass is 16.2. The fourth-order valence-electron chi connectivity index (χ4n) is 2.43. The van der Waals surface area contributed by atoms with E-state index in [4.69, 9.17) is 0 Å². The largest absolute Gasteiger partial charge is 0.279 e. The van der Waals surface area contributed by atoms with Gasteiger partial charge in [0.2, 0.25) is 5.91 Å². The Bertz CT molecular complexity index is 779. The molecule has 1 amide bonds. The number of fused-ring (bicyclic) bond motifs is 1. The zero-order valence-corrected chi connectivity index (χ0v) is 12.7. The molecule has 3 rings (SSSR count). The van der Waals surface area contributed by atoms with Crippen LogP contribution in [0.1, 0.15) is 20.3 Å². The Morgan fingerprint density at radius 1 is 1.23 bits per heavy atom. The van der Waals surface area contributed by atoms with Gasteiger partial charge in [0.25, 0.3) is 0 Å². The molecule has 3 aromatic rings. The fourth-order valence-corrected chi connectivity index (χ4v) is 2.43. The summed E-state index contributed by atoms with van der Waals surface area (Å²) < 4.78 is 0. The van der Waals surface area contributed by atoms with Gasteiger partial charge in [-0.05, 0) is 36.2 Å². The maximum absolute atomic E-state index is 12.7. The smallest absolute Gasteiger partial charge is 0.231 e. The molecule has 2 heterocycles. The molecule has 22 heavy (non-hydrogen) atoms. The van der Waals surface area contributed by atoms with Crippen molar-refractivity contribution in [2.75, 3.05) is 4.90 Å². The van der Waals surface area contributed by atoms with Crippen LogP contribution in [0.15, 0.2) is 48.9 Å². The summed E-state index contributed by atoms with van der Waals surface area (Å²) in [7, 11) is 0. The average molecular weight is 294 g/mol. The van der Waals surface area contributed by atoms with Crippen LogP contribution >= 0.6 is 0 Å². The van der Waals surface area contributed by atoms with Gasteiger partial charge in [0.15, 0.2) is 0 Å². The van der Waals surface area contributed by atoms with Crippen molar-refractivity contribution in [2.45, 2.75) is 20.3 Å². The molecule has 1 aromatic carbocycles. The lowest BCUT2D eigenvalue weighted by Crippen LogP contribution is -2.27. The standard InChI is InChI=1S/C17H18N4O/c1-12(2)8-17(22)21(15-4-3-7-18-11-15)14-5-6-16-13(9-14)10-19-20-16/h3-7,9-12H,8H2,1-2H3,(H,19,20). The van der Waals surface area contributed by atoms with Gasteiger partial charge >= 0.3 is 0 Å². The second kappa shape index (κ2) is 5.97. The third-order valence-corrected chi connectivity index (χ3v) is 3.42.